The smallest absolute Gasteiger partial charge is 0.261 e. The molecule has 1 aromatic heterocycles. The van der Waals surface area contributed by atoms with Gasteiger partial charge in [0, 0.05) is 30.5 Å². The van der Waals surface area contributed by atoms with Crippen molar-refractivity contribution in [3.05, 3.63) is 16.3 Å². The van der Waals surface area contributed by atoms with E-state index in [9.17, 15) is 4.79 Å². The van der Waals surface area contributed by atoms with E-state index in [1.165, 1.54) is 11.3 Å². The molecule has 1 heterocycles. The van der Waals surface area contributed by atoms with Crippen molar-refractivity contribution in [1.29, 1.82) is 0 Å². The second kappa shape index (κ2) is 8.33. The molecule has 6 heteroatoms. The molecule has 0 aromatic carbocycles. The minimum absolute atomic E-state index is 0.0735. The molecule has 1 rings (SSSR count). The molecule has 17 heavy (non-hydrogen) atoms. The summed E-state index contributed by atoms with van der Waals surface area (Å²) < 4.78 is 10.2. The predicted octanol–water partition coefficient (Wildman–Crippen LogP) is 2.13. The number of thiophene rings is 1. The van der Waals surface area contributed by atoms with Gasteiger partial charge >= 0.3 is 0 Å². The molecule has 0 aliphatic heterocycles. The fraction of sp³-hybridized carbons (Fsp3) is 0.545. The van der Waals surface area contributed by atoms with E-state index >= 15 is 0 Å². The Morgan fingerprint density at radius 3 is 3.00 bits per heavy atom. The Morgan fingerprint density at radius 1 is 1.53 bits per heavy atom. The van der Waals surface area contributed by atoms with Crippen molar-refractivity contribution in [1.82, 2.24) is 5.32 Å². The van der Waals surface area contributed by atoms with Crippen LogP contribution in [0.25, 0.3) is 0 Å². The summed E-state index contributed by atoms with van der Waals surface area (Å²) in [6, 6.07) is 1.73. The van der Waals surface area contributed by atoms with Crippen molar-refractivity contribution in [3.8, 4) is 5.75 Å². The summed E-state index contributed by atoms with van der Waals surface area (Å²) in [7, 11) is 1.58. The zero-order valence-corrected chi connectivity index (χ0v) is 11.3. The van der Waals surface area contributed by atoms with Crippen LogP contribution in [0.2, 0.25) is 0 Å². The van der Waals surface area contributed by atoms with Crippen molar-refractivity contribution >= 4 is 28.8 Å². The molecule has 0 aliphatic rings. The zero-order chi connectivity index (χ0) is 12.5. The van der Waals surface area contributed by atoms with Crippen LogP contribution < -0.4 is 10.1 Å². The van der Waals surface area contributed by atoms with E-state index in [1.807, 2.05) is 0 Å². The van der Waals surface area contributed by atoms with Gasteiger partial charge in [-0.1, -0.05) is 0 Å². The number of methoxy groups -OCH3 is 1. The summed E-state index contributed by atoms with van der Waals surface area (Å²) in [5.74, 6) is 1.14. The summed E-state index contributed by atoms with van der Waals surface area (Å²) in [6.45, 7) is 1.76. The van der Waals surface area contributed by atoms with Crippen LogP contribution in [0.3, 0.4) is 0 Å². The van der Waals surface area contributed by atoms with Gasteiger partial charge < -0.3 is 14.8 Å². The number of rotatable bonds is 8. The minimum Gasteiger partial charge on any atom is -0.496 e. The topological polar surface area (TPSA) is 47.6 Å². The highest BCUT2D eigenvalue weighted by molar-refractivity contribution is 7.12. The van der Waals surface area contributed by atoms with Crippen LogP contribution in [0.1, 0.15) is 16.1 Å². The number of hydrogen-bond acceptors (Lipinski definition) is 4. The van der Waals surface area contributed by atoms with Crippen LogP contribution in [0.5, 0.6) is 5.75 Å². The van der Waals surface area contributed by atoms with E-state index in [1.54, 1.807) is 18.6 Å². The first-order chi connectivity index (χ1) is 8.27. The zero-order valence-electron chi connectivity index (χ0n) is 9.70. The third kappa shape index (κ3) is 5.39. The molecule has 0 atom stereocenters. The molecule has 0 aliphatic carbocycles. The molecule has 0 saturated carbocycles. The van der Waals surface area contributed by atoms with Gasteiger partial charge in [-0.3, -0.25) is 4.79 Å². The third-order valence-electron chi connectivity index (χ3n) is 2.01. The minimum atomic E-state index is -0.0735. The van der Waals surface area contributed by atoms with E-state index in [0.29, 0.717) is 36.3 Å². The number of ether oxygens (including phenoxy) is 2. The summed E-state index contributed by atoms with van der Waals surface area (Å²) >= 11 is 6.82. The van der Waals surface area contributed by atoms with E-state index in [0.717, 1.165) is 6.42 Å². The van der Waals surface area contributed by atoms with E-state index in [-0.39, 0.29) is 5.91 Å². The summed E-state index contributed by atoms with van der Waals surface area (Å²) in [4.78, 5) is 12.3. The first-order valence-corrected chi connectivity index (χ1v) is 6.73. The highest BCUT2D eigenvalue weighted by Crippen LogP contribution is 2.20. The van der Waals surface area contributed by atoms with Gasteiger partial charge in [-0.25, -0.2) is 0 Å². The summed E-state index contributed by atoms with van der Waals surface area (Å²) in [5, 5.41) is 4.62. The number of halogens is 1. The second-order valence-electron chi connectivity index (χ2n) is 3.26. The normalized spacial score (nSPS) is 10.2. The molecule has 0 unspecified atom stereocenters. The van der Waals surface area contributed by atoms with Gasteiger partial charge in [-0.2, -0.15) is 0 Å². The lowest BCUT2D eigenvalue weighted by Gasteiger charge is -2.03. The average Bonchev–Trinajstić information content (AvgIpc) is 2.82. The van der Waals surface area contributed by atoms with Gasteiger partial charge in [-0.05, 0) is 6.42 Å². The molecule has 4 nitrogen and oxygen atoms in total. The van der Waals surface area contributed by atoms with Crippen molar-refractivity contribution in [2.45, 2.75) is 6.42 Å². The number of carbonyl (C=O) groups is 1. The van der Waals surface area contributed by atoms with Gasteiger partial charge in [0.15, 0.2) is 0 Å². The van der Waals surface area contributed by atoms with Crippen LogP contribution in [0.4, 0.5) is 0 Å². The predicted molar refractivity (Wildman–Crippen MR) is 69.4 cm³/mol. The fourth-order valence-corrected chi connectivity index (χ4v) is 2.04. The van der Waals surface area contributed by atoms with E-state index in [2.05, 4.69) is 5.32 Å². The maximum atomic E-state index is 11.6. The fourth-order valence-electron chi connectivity index (χ4n) is 1.16. The highest BCUT2D eigenvalue weighted by Gasteiger charge is 2.08. The highest BCUT2D eigenvalue weighted by atomic mass is 35.5. The maximum Gasteiger partial charge on any atom is 0.261 e. The van der Waals surface area contributed by atoms with Gasteiger partial charge in [0.25, 0.3) is 5.91 Å². The lowest BCUT2D eigenvalue weighted by atomic mass is 10.4. The Morgan fingerprint density at radius 2 is 2.35 bits per heavy atom. The molecule has 0 spiro atoms. The molecule has 0 bridgehead atoms. The quantitative estimate of drug-likeness (QED) is 0.585. The Labute approximate surface area is 110 Å². The van der Waals surface area contributed by atoms with Gasteiger partial charge in [0.2, 0.25) is 0 Å². The molecule has 0 fully saturated rings. The first-order valence-electron chi connectivity index (χ1n) is 5.32. The molecule has 1 N–H and O–H groups in total. The Bertz CT molecular complexity index is 343. The van der Waals surface area contributed by atoms with E-state index in [4.69, 9.17) is 21.1 Å². The Kier molecular flexibility index (Phi) is 7.00. The van der Waals surface area contributed by atoms with Crippen molar-refractivity contribution in [2.24, 2.45) is 0 Å². The molecular formula is C11H16ClNO3S. The number of hydrogen-bond donors (Lipinski definition) is 1. The Hall–Kier alpha value is -0.780. The van der Waals surface area contributed by atoms with Crippen LogP contribution in [-0.2, 0) is 4.74 Å². The molecular weight excluding hydrogens is 262 g/mol. The molecule has 1 aromatic rings. The second-order valence-corrected chi connectivity index (χ2v) is 4.55. The van der Waals surface area contributed by atoms with Crippen LogP contribution in [-0.4, -0.2) is 38.7 Å². The first kappa shape index (κ1) is 14.3. The SMILES string of the molecule is COc1csc(C(=O)NCCCOCCCl)c1. The number of carbonyl (C=O) groups excluding carboxylic acids is 1. The lowest BCUT2D eigenvalue weighted by molar-refractivity contribution is 0.0948. The summed E-state index contributed by atoms with van der Waals surface area (Å²) in [5.41, 5.74) is 0. The van der Waals surface area contributed by atoms with Crippen LogP contribution in [0.15, 0.2) is 11.4 Å². The van der Waals surface area contributed by atoms with Gasteiger partial charge in [0.05, 0.1) is 18.6 Å². The monoisotopic (exact) mass is 277 g/mol. The van der Waals surface area contributed by atoms with Crippen molar-refractivity contribution in [3.63, 3.8) is 0 Å². The molecule has 0 radical (unpaired) electrons. The largest absolute Gasteiger partial charge is 0.496 e. The summed E-state index contributed by atoms with van der Waals surface area (Å²) in [6.07, 6.45) is 0.783. The van der Waals surface area contributed by atoms with Gasteiger partial charge in [0.1, 0.15) is 5.75 Å². The van der Waals surface area contributed by atoms with E-state index < -0.39 is 0 Å². The number of amides is 1. The average molecular weight is 278 g/mol. The van der Waals surface area contributed by atoms with Crippen LogP contribution in [0, 0.1) is 0 Å². The number of nitrogens with one attached hydrogen (secondary N) is 1. The molecule has 1 amide bonds. The Balaban J connectivity index is 2.16. The molecule has 0 saturated heterocycles. The lowest BCUT2D eigenvalue weighted by Crippen LogP contribution is -2.24. The standard InChI is InChI=1S/C11H16ClNO3S/c1-15-9-7-10(17-8-9)11(14)13-4-2-5-16-6-3-12/h7-8H,2-6H2,1H3,(H,13,14). The van der Waals surface area contributed by atoms with Crippen molar-refractivity contribution in [2.75, 3.05) is 32.7 Å². The number of alkyl halides is 1. The maximum absolute atomic E-state index is 11.6. The van der Waals surface area contributed by atoms with Gasteiger partial charge in [-0.15, -0.1) is 22.9 Å². The molecule has 96 valence electrons. The van der Waals surface area contributed by atoms with Crippen LogP contribution >= 0.6 is 22.9 Å². The van der Waals surface area contributed by atoms with Crippen molar-refractivity contribution < 1.29 is 14.3 Å². The third-order valence-corrected chi connectivity index (χ3v) is 3.07.